The zero-order valence-electron chi connectivity index (χ0n) is 15.1. The Kier molecular flexibility index (Phi) is 4.46. The first-order chi connectivity index (χ1) is 13.1. The van der Waals surface area contributed by atoms with E-state index in [0.717, 1.165) is 30.0 Å². The summed E-state index contributed by atoms with van der Waals surface area (Å²) >= 11 is 0. The normalized spacial score (nSPS) is 13.8. The molecule has 1 fully saturated rings. The number of amides is 2. The maximum atomic E-state index is 12.6. The van der Waals surface area contributed by atoms with Crippen LogP contribution in [0.5, 0.6) is 0 Å². The summed E-state index contributed by atoms with van der Waals surface area (Å²) in [6, 6.07) is 16.9. The summed E-state index contributed by atoms with van der Waals surface area (Å²) in [5.74, 6) is -0.0684. The lowest BCUT2D eigenvalue weighted by molar-refractivity contribution is -0.117. The quantitative estimate of drug-likeness (QED) is 0.773. The number of benzene rings is 2. The molecular formula is C21H20N4O2. The minimum atomic E-state index is -0.204. The minimum absolute atomic E-state index is 0.135. The van der Waals surface area contributed by atoms with Gasteiger partial charge in [0.25, 0.3) is 5.91 Å². The number of aromatic nitrogens is 2. The van der Waals surface area contributed by atoms with E-state index in [1.807, 2.05) is 49.4 Å². The number of para-hydroxylation sites is 1. The number of rotatable bonds is 4. The van der Waals surface area contributed by atoms with Gasteiger partial charge < -0.3 is 10.2 Å². The van der Waals surface area contributed by atoms with Gasteiger partial charge >= 0.3 is 0 Å². The molecule has 0 atom stereocenters. The monoisotopic (exact) mass is 360 g/mol. The van der Waals surface area contributed by atoms with Gasteiger partial charge in [-0.2, -0.15) is 5.10 Å². The fourth-order valence-corrected chi connectivity index (χ4v) is 3.27. The summed E-state index contributed by atoms with van der Waals surface area (Å²) in [7, 11) is 0. The summed E-state index contributed by atoms with van der Waals surface area (Å²) in [6.45, 7) is 2.65. The summed E-state index contributed by atoms with van der Waals surface area (Å²) < 4.78 is 1.79. The Morgan fingerprint density at radius 1 is 1.04 bits per heavy atom. The van der Waals surface area contributed by atoms with E-state index in [2.05, 4.69) is 10.4 Å². The van der Waals surface area contributed by atoms with Gasteiger partial charge in [0.05, 0.1) is 23.3 Å². The van der Waals surface area contributed by atoms with Crippen LogP contribution in [0.15, 0.2) is 60.8 Å². The second kappa shape index (κ2) is 7.07. The van der Waals surface area contributed by atoms with E-state index in [4.69, 9.17) is 0 Å². The van der Waals surface area contributed by atoms with E-state index in [9.17, 15) is 9.59 Å². The molecule has 0 aliphatic carbocycles. The highest BCUT2D eigenvalue weighted by atomic mass is 16.2. The second-order valence-corrected chi connectivity index (χ2v) is 6.54. The second-order valence-electron chi connectivity index (χ2n) is 6.54. The minimum Gasteiger partial charge on any atom is -0.319 e. The lowest BCUT2D eigenvalue weighted by atomic mass is 10.2. The summed E-state index contributed by atoms with van der Waals surface area (Å²) in [5, 5.41) is 7.28. The zero-order valence-corrected chi connectivity index (χ0v) is 15.1. The van der Waals surface area contributed by atoms with Crippen LogP contribution in [0.25, 0.3) is 5.69 Å². The Morgan fingerprint density at radius 2 is 1.78 bits per heavy atom. The van der Waals surface area contributed by atoms with Crippen LogP contribution in [0.2, 0.25) is 0 Å². The molecule has 3 aromatic rings. The lowest BCUT2D eigenvalue weighted by Crippen LogP contribution is -2.23. The van der Waals surface area contributed by atoms with Crippen molar-refractivity contribution in [2.75, 3.05) is 16.8 Å². The van der Waals surface area contributed by atoms with Gasteiger partial charge in [-0.25, -0.2) is 4.68 Å². The molecule has 1 aromatic heterocycles. The van der Waals surface area contributed by atoms with Crippen LogP contribution in [0, 0.1) is 6.92 Å². The van der Waals surface area contributed by atoms with Crippen molar-refractivity contribution in [2.24, 2.45) is 0 Å². The first-order valence-corrected chi connectivity index (χ1v) is 8.95. The number of carbonyl (C=O) groups excluding carboxylic acids is 2. The predicted octanol–water partition coefficient (Wildman–Crippen LogP) is 3.56. The Hall–Kier alpha value is -3.41. The van der Waals surface area contributed by atoms with Gasteiger partial charge in [0.1, 0.15) is 0 Å². The number of hydrogen-bond donors (Lipinski definition) is 1. The SMILES string of the molecule is Cc1c(NC(=O)c2ccc(N3CCCC3=O)cc2)cnn1-c1ccccc1. The van der Waals surface area contributed by atoms with Crippen LogP contribution in [0.1, 0.15) is 28.9 Å². The Balaban J connectivity index is 1.50. The molecular weight excluding hydrogens is 340 g/mol. The first-order valence-electron chi connectivity index (χ1n) is 8.95. The fraction of sp³-hybridized carbons (Fsp3) is 0.190. The van der Waals surface area contributed by atoms with Crippen LogP contribution in [-0.2, 0) is 4.79 Å². The standard InChI is InChI=1S/C21H20N4O2/c1-15-19(14-22-25(15)18-6-3-2-4-7-18)23-21(27)16-9-11-17(12-10-16)24-13-5-8-20(24)26/h2-4,6-7,9-12,14H,5,8,13H2,1H3,(H,23,27). The van der Waals surface area contributed by atoms with Gasteiger partial charge in [-0.1, -0.05) is 18.2 Å². The highest BCUT2D eigenvalue weighted by Gasteiger charge is 2.21. The van der Waals surface area contributed by atoms with Crippen LogP contribution in [-0.4, -0.2) is 28.1 Å². The maximum absolute atomic E-state index is 12.6. The average Bonchev–Trinajstić information content (AvgIpc) is 3.28. The number of hydrogen-bond acceptors (Lipinski definition) is 3. The predicted molar refractivity (Wildman–Crippen MR) is 104 cm³/mol. The van der Waals surface area contributed by atoms with Crippen molar-refractivity contribution in [2.45, 2.75) is 19.8 Å². The molecule has 27 heavy (non-hydrogen) atoms. The Labute approximate surface area is 157 Å². The molecule has 136 valence electrons. The van der Waals surface area contributed by atoms with Gasteiger partial charge in [0, 0.05) is 24.2 Å². The van der Waals surface area contributed by atoms with Crippen molar-refractivity contribution in [3.05, 3.63) is 72.1 Å². The smallest absolute Gasteiger partial charge is 0.255 e. The van der Waals surface area contributed by atoms with E-state index in [1.54, 1.807) is 27.9 Å². The Bertz CT molecular complexity index is 977. The molecule has 0 saturated carbocycles. The molecule has 1 aliphatic rings. The first kappa shape index (κ1) is 17.0. The van der Waals surface area contributed by atoms with Crippen molar-refractivity contribution in [1.29, 1.82) is 0 Å². The van der Waals surface area contributed by atoms with Crippen molar-refractivity contribution >= 4 is 23.2 Å². The molecule has 0 spiro atoms. The molecule has 1 N–H and O–H groups in total. The summed E-state index contributed by atoms with van der Waals surface area (Å²) in [5.41, 5.74) is 3.84. The molecule has 1 saturated heterocycles. The van der Waals surface area contributed by atoms with E-state index in [0.29, 0.717) is 17.7 Å². The molecule has 2 amide bonds. The molecule has 6 heteroatoms. The third-order valence-electron chi connectivity index (χ3n) is 4.77. The average molecular weight is 360 g/mol. The highest BCUT2D eigenvalue weighted by Crippen LogP contribution is 2.23. The largest absolute Gasteiger partial charge is 0.319 e. The molecule has 4 rings (SSSR count). The topological polar surface area (TPSA) is 67.2 Å². The van der Waals surface area contributed by atoms with Crippen LogP contribution < -0.4 is 10.2 Å². The van der Waals surface area contributed by atoms with E-state index < -0.39 is 0 Å². The van der Waals surface area contributed by atoms with Crippen molar-refractivity contribution in [3.8, 4) is 5.69 Å². The summed E-state index contributed by atoms with van der Waals surface area (Å²) in [4.78, 5) is 26.2. The van der Waals surface area contributed by atoms with E-state index in [-0.39, 0.29) is 11.8 Å². The van der Waals surface area contributed by atoms with Gasteiger partial charge in [0.2, 0.25) is 5.91 Å². The molecule has 6 nitrogen and oxygen atoms in total. The van der Waals surface area contributed by atoms with Gasteiger partial charge in [-0.15, -0.1) is 0 Å². The van der Waals surface area contributed by atoms with Crippen LogP contribution in [0.3, 0.4) is 0 Å². The number of nitrogens with one attached hydrogen (secondary N) is 1. The van der Waals surface area contributed by atoms with Gasteiger partial charge in [0.15, 0.2) is 0 Å². The number of nitrogens with zero attached hydrogens (tertiary/aromatic N) is 3. The third kappa shape index (κ3) is 3.33. The summed E-state index contributed by atoms with van der Waals surface area (Å²) in [6.07, 6.45) is 3.12. The molecule has 2 aromatic carbocycles. The number of carbonyl (C=O) groups is 2. The Morgan fingerprint density at radius 3 is 2.44 bits per heavy atom. The fourth-order valence-electron chi connectivity index (χ4n) is 3.27. The molecule has 0 bridgehead atoms. The third-order valence-corrected chi connectivity index (χ3v) is 4.77. The molecule has 0 radical (unpaired) electrons. The maximum Gasteiger partial charge on any atom is 0.255 e. The van der Waals surface area contributed by atoms with Crippen LogP contribution >= 0.6 is 0 Å². The highest BCUT2D eigenvalue weighted by molar-refractivity contribution is 6.05. The van der Waals surface area contributed by atoms with E-state index in [1.165, 1.54) is 0 Å². The molecule has 1 aliphatic heterocycles. The van der Waals surface area contributed by atoms with Crippen molar-refractivity contribution < 1.29 is 9.59 Å². The lowest BCUT2D eigenvalue weighted by Gasteiger charge is -2.15. The van der Waals surface area contributed by atoms with Crippen LogP contribution in [0.4, 0.5) is 11.4 Å². The van der Waals surface area contributed by atoms with Crippen molar-refractivity contribution in [1.82, 2.24) is 9.78 Å². The zero-order chi connectivity index (χ0) is 18.8. The van der Waals surface area contributed by atoms with Gasteiger partial charge in [-0.05, 0) is 49.7 Å². The number of anilines is 2. The van der Waals surface area contributed by atoms with Gasteiger partial charge in [-0.3, -0.25) is 9.59 Å². The molecule has 0 unspecified atom stereocenters. The van der Waals surface area contributed by atoms with Crippen molar-refractivity contribution in [3.63, 3.8) is 0 Å². The van der Waals surface area contributed by atoms with E-state index >= 15 is 0 Å². The molecule has 2 heterocycles.